The first-order valence-corrected chi connectivity index (χ1v) is 8.24. The third kappa shape index (κ3) is 3.06. The predicted molar refractivity (Wildman–Crippen MR) is 95.6 cm³/mol. The van der Waals surface area contributed by atoms with E-state index < -0.39 is 0 Å². The van der Waals surface area contributed by atoms with Gasteiger partial charge in [-0.3, -0.25) is 0 Å². The molecule has 0 saturated heterocycles. The number of ether oxygens (including phenoxy) is 3. The Balaban J connectivity index is 2.13. The number of hydrogen-bond acceptors (Lipinski definition) is 4. The Kier molecular flexibility index (Phi) is 4.95. The molecule has 1 atom stereocenters. The molecular formula is C20H25NO3. The van der Waals surface area contributed by atoms with E-state index in [0.29, 0.717) is 17.2 Å². The van der Waals surface area contributed by atoms with Gasteiger partial charge in [0.15, 0.2) is 11.5 Å². The highest BCUT2D eigenvalue weighted by molar-refractivity contribution is 5.56. The molecule has 0 saturated carbocycles. The van der Waals surface area contributed by atoms with E-state index >= 15 is 0 Å². The predicted octanol–water partition coefficient (Wildman–Crippen LogP) is 3.33. The normalized spacial score (nSPS) is 17.8. The minimum absolute atomic E-state index is 0.280. The van der Waals surface area contributed by atoms with Crippen molar-refractivity contribution in [2.75, 3.05) is 41.5 Å². The summed E-state index contributed by atoms with van der Waals surface area (Å²) in [6.45, 7) is 2.04. The van der Waals surface area contributed by atoms with Crippen molar-refractivity contribution >= 4 is 0 Å². The Hall–Kier alpha value is -2.20. The van der Waals surface area contributed by atoms with E-state index in [2.05, 4.69) is 48.3 Å². The molecule has 0 aliphatic carbocycles. The van der Waals surface area contributed by atoms with Crippen LogP contribution in [0.3, 0.4) is 0 Å². The molecule has 24 heavy (non-hydrogen) atoms. The maximum absolute atomic E-state index is 5.54. The van der Waals surface area contributed by atoms with Crippen molar-refractivity contribution < 1.29 is 14.2 Å². The Bertz CT molecular complexity index is 689. The van der Waals surface area contributed by atoms with Crippen molar-refractivity contribution in [1.29, 1.82) is 0 Å². The number of fused-ring (bicyclic) bond motifs is 1. The Morgan fingerprint density at radius 3 is 2.25 bits per heavy atom. The summed E-state index contributed by atoms with van der Waals surface area (Å²) in [6, 6.07) is 12.9. The highest BCUT2D eigenvalue weighted by atomic mass is 16.5. The molecule has 2 aromatic carbocycles. The summed E-state index contributed by atoms with van der Waals surface area (Å²) in [5.41, 5.74) is 3.99. The molecule has 2 aromatic rings. The average Bonchev–Trinajstić information content (AvgIpc) is 2.79. The van der Waals surface area contributed by atoms with Gasteiger partial charge in [-0.15, -0.1) is 0 Å². The fraction of sp³-hybridized carbons (Fsp3) is 0.400. The van der Waals surface area contributed by atoms with E-state index in [1.807, 2.05) is 0 Å². The average molecular weight is 327 g/mol. The van der Waals surface area contributed by atoms with Crippen molar-refractivity contribution in [3.05, 3.63) is 53.1 Å². The van der Waals surface area contributed by atoms with Crippen molar-refractivity contribution in [2.45, 2.75) is 12.3 Å². The molecule has 0 spiro atoms. The molecule has 1 aliphatic heterocycles. The van der Waals surface area contributed by atoms with Crippen LogP contribution in [0.15, 0.2) is 36.4 Å². The van der Waals surface area contributed by atoms with Gasteiger partial charge in [0.05, 0.1) is 21.3 Å². The lowest BCUT2D eigenvalue weighted by Gasteiger charge is -2.24. The monoisotopic (exact) mass is 327 g/mol. The van der Waals surface area contributed by atoms with E-state index in [1.165, 1.54) is 16.7 Å². The van der Waals surface area contributed by atoms with Gasteiger partial charge in [-0.2, -0.15) is 0 Å². The van der Waals surface area contributed by atoms with Crippen molar-refractivity contribution in [3.8, 4) is 17.2 Å². The number of rotatable bonds is 4. The lowest BCUT2D eigenvalue weighted by Crippen LogP contribution is -2.24. The van der Waals surface area contributed by atoms with Gasteiger partial charge < -0.3 is 19.1 Å². The molecule has 3 rings (SSSR count). The smallest absolute Gasteiger partial charge is 0.203 e. The molecule has 1 aliphatic rings. The minimum atomic E-state index is 0.280. The molecule has 4 heteroatoms. The van der Waals surface area contributed by atoms with Crippen LogP contribution in [0.1, 0.15) is 22.6 Å². The third-order valence-electron chi connectivity index (χ3n) is 4.78. The second-order valence-corrected chi connectivity index (χ2v) is 6.22. The standard InChI is InChI=1S/C20H25NO3/c1-21-10-9-14-7-5-6-8-16(14)17(13-21)15-11-18(22-2)20(24-4)19(12-15)23-3/h5-8,11-12,17H,9-10,13H2,1-4H3. The minimum Gasteiger partial charge on any atom is -0.493 e. The zero-order valence-electron chi connectivity index (χ0n) is 14.8. The summed E-state index contributed by atoms with van der Waals surface area (Å²) < 4.78 is 16.5. The van der Waals surface area contributed by atoms with Crippen LogP contribution in [-0.2, 0) is 6.42 Å². The summed E-state index contributed by atoms with van der Waals surface area (Å²) >= 11 is 0. The molecule has 1 heterocycles. The number of hydrogen-bond donors (Lipinski definition) is 0. The number of nitrogens with zero attached hydrogens (tertiary/aromatic N) is 1. The van der Waals surface area contributed by atoms with E-state index in [0.717, 1.165) is 19.5 Å². The van der Waals surface area contributed by atoms with Crippen LogP contribution < -0.4 is 14.2 Å². The molecule has 0 bridgehead atoms. The van der Waals surface area contributed by atoms with Gasteiger partial charge in [0.2, 0.25) is 5.75 Å². The Labute approximate surface area is 144 Å². The fourth-order valence-corrected chi connectivity index (χ4v) is 3.50. The van der Waals surface area contributed by atoms with Gasteiger partial charge in [-0.05, 0) is 42.3 Å². The zero-order valence-corrected chi connectivity index (χ0v) is 14.8. The molecule has 128 valence electrons. The van der Waals surface area contributed by atoms with Crippen molar-refractivity contribution in [1.82, 2.24) is 4.90 Å². The van der Waals surface area contributed by atoms with Crippen LogP contribution >= 0.6 is 0 Å². The maximum Gasteiger partial charge on any atom is 0.203 e. The summed E-state index contributed by atoms with van der Waals surface area (Å²) in [6.07, 6.45) is 1.08. The van der Waals surface area contributed by atoms with Crippen LogP contribution in [-0.4, -0.2) is 46.4 Å². The summed E-state index contributed by atoms with van der Waals surface area (Å²) in [5, 5.41) is 0. The van der Waals surface area contributed by atoms with Gasteiger partial charge in [-0.25, -0.2) is 0 Å². The van der Waals surface area contributed by atoms with Crippen LogP contribution in [0.25, 0.3) is 0 Å². The van der Waals surface area contributed by atoms with Crippen LogP contribution in [0.4, 0.5) is 0 Å². The Morgan fingerprint density at radius 2 is 1.62 bits per heavy atom. The number of methoxy groups -OCH3 is 3. The van der Waals surface area contributed by atoms with Crippen molar-refractivity contribution in [2.24, 2.45) is 0 Å². The molecule has 0 N–H and O–H groups in total. The zero-order chi connectivity index (χ0) is 17.1. The molecule has 0 aromatic heterocycles. The molecule has 0 radical (unpaired) electrons. The molecule has 0 amide bonds. The van der Waals surface area contributed by atoms with Crippen LogP contribution in [0.2, 0.25) is 0 Å². The highest BCUT2D eigenvalue weighted by Gasteiger charge is 2.25. The van der Waals surface area contributed by atoms with Gasteiger partial charge in [0.25, 0.3) is 0 Å². The molecule has 0 fully saturated rings. The van der Waals surface area contributed by atoms with E-state index in [4.69, 9.17) is 14.2 Å². The lowest BCUT2D eigenvalue weighted by atomic mass is 9.87. The first-order chi connectivity index (χ1) is 11.7. The van der Waals surface area contributed by atoms with Crippen LogP contribution in [0.5, 0.6) is 17.2 Å². The largest absolute Gasteiger partial charge is 0.493 e. The number of benzene rings is 2. The first-order valence-electron chi connectivity index (χ1n) is 8.24. The quantitative estimate of drug-likeness (QED) is 0.862. The molecular weight excluding hydrogens is 302 g/mol. The van der Waals surface area contributed by atoms with Gasteiger partial charge in [0, 0.05) is 19.0 Å². The molecule has 4 nitrogen and oxygen atoms in total. The summed E-state index contributed by atoms with van der Waals surface area (Å²) in [7, 11) is 7.13. The lowest BCUT2D eigenvalue weighted by molar-refractivity contribution is 0.320. The van der Waals surface area contributed by atoms with E-state index in [-0.39, 0.29) is 5.92 Å². The number of likely N-dealkylation sites (N-methyl/N-ethyl adjacent to an activating group) is 1. The van der Waals surface area contributed by atoms with E-state index in [9.17, 15) is 0 Å². The maximum atomic E-state index is 5.54. The highest BCUT2D eigenvalue weighted by Crippen LogP contribution is 2.42. The Morgan fingerprint density at radius 1 is 0.958 bits per heavy atom. The first kappa shape index (κ1) is 16.7. The van der Waals surface area contributed by atoms with Crippen molar-refractivity contribution in [3.63, 3.8) is 0 Å². The summed E-state index contributed by atoms with van der Waals surface area (Å²) in [5.74, 6) is 2.33. The topological polar surface area (TPSA) is 30.9 Å². The second-order valence-electron chi connectivity index (χ2n) is 6.22. The van der Waals surface area contributed by atoms with Gasteiger partial charge >= 0.3 is 0 Å². The summed E-state index contributed by atoms with van der Waals surface area (Å²) in [4.78, 5) is 2.38. The SMILES string of the molecule is COc1cc(C2CN(C)CCc3ccccc32)cc(OC)c1OC. The van der Waals surface area contributed by atoms with Crippen LogP contribution in [0, 0.1) is 0 Å². The second kappa shape index (κ2) is 7.14. The van der Waals surface area contributed by atoms with Gasteiger partial charge in [-0.1, -0.05) is 24.3 Å². The van der Waals surface area contributed by atoms with Gasteiger partial charge in [0.1, 0.15) is 0 Å². The van der Waals surface area contributed by atoms with E-state index in [1.54, 1.807) is 21.3 Å². The third-order valence-corrected chi connectivity index (χ3v) is 4.78. The molecule has 1 unspecified atom stereocenters. The fourth-order valence-electron chi connectivity index (χ4n) is 3.50.